The SMILES string of the molecule is CCNC(=NCc1ccc(OC(C)C)cc1)NCC(CC)(CC)CCO.I. The van der Waals surface area contributed by atoms with Crippen molar-refractivity contribution in [1.29, 1.82) is 0 Å². The molecule has 6 heteroatoms. The van der Waals surface area contributed by atoms with Crippen LogP contribution < -0.4 is 15.4 Å². The Kier molecular flexibility index (Phi) is 13.5. The fraction of sp³-hybridized carbons (Fsp3) is 0.667. The summed E-state index contributed by atoms with van der Waals surface area (Å²) in [4.78, 5) is 4.70. The van der Waals surface area contributed by atoms with Gasteiger partial charge in [-0.2, -0.15) is 0 Å². The predicted molar refractivity (Wildman–Crippen MR) is 125 cm³/mol. The van der Waals surface area contributed by atoms with Crippen molar-refractivity contribution in [3.05, 3.63) is 29.8 Å². The molecule has 0 spiro atoms. The maximum Gasteiger partial charge on any atom is 0.191 e. The van der Waals surface area contributed by atoms with E-state index in [-0.39, 0.29) is 42.1 Å². The number of aliphatic hydroxyl groups is 1. The van der Waals surface area contributed by atoms with Gasteiger partial charge in [0.25, 0.3) is 0 Å². The third kappa shape index (κ3) is 9.65. The number of benzene rings is 1. The molecule has 0 bridgehead atoms. The number of nitrogens with one attached hydrogen (secondary N) is 2. The summed E-state index contributed by atoms with van der Waals surface area (Å²) in [5, 5.41) is 16.1. The van der Waals surface area contributed by atoms with Crippen molar-refractivity contribution in [2.75, 3.05) is 19.7 Å². The first-order chi connectivity index (χ1) is 12.5. The molecule has 0 aliphatic rings. The van der Waals surface area contributed by atoms with E-state index in [9.17, 15) is 5.11 Å². The molecule has 0 aliphatic carbocycles. The molecular weight excluding hydrogens is 453 g/mol. The number of guanidine groups is 1. The van der Waals surface area contributed by atoms with Gasteiger partial charge in [0.2, 0.25) is 0 Å². The monoisotopic (exact) mass is 491 g/mol. The van der Waals surface area contributed by atoms with E-state index < -0.39 is 0 Å². The Hall–Kier alpha value is -1.02. The van der Waals surface area contributed by atoms with Gasteiger partial charge in [0.05, 0.1) is 12.6 Å². The molecule has 0 unspecified atom stereocenters. The Morgan fingerprint density at radius 3 is 2.22 bits per heavy atom. The van der Waals surface area contributed by atoms with Crippen LogP contribution in [0.5, 0.6) is 5.75 Å². The van der Waals surface area contributed by atoms with Gasteiger partial charge in [-0.05, 0) is 63.1 Å². The minimum absolute atomic E-state index is 0. The highest BCUT2D eigenvalue weighted by molar-refractivity contribution is 14.0. The van der Waals surface area contributed by atoms with E-state index in [4.69, 9.17) is 9.73 Å². The van der Waals surface area contributed by atoms with E-state index >= 15 is 0 Å². The highest BCUT2D eigenvalue weighted by Crippen LogP contribution is 2.29. The van der Waals surface area contributed by atoms with Crippen molar-refractivity contribution in [3.8, 4) is 5.75 Å². The molecule has 1 aromatic rings. The maximum absolute atomic E-state index is 9.38. The molecule has 0 aromatic heterocycles. The van der Waals surface area contributed by atoms with E-state index in [0.29, 0.717) is 6.54 Å². The number of nitrogens with zero attached hydrogens (tertiary/aromatic N) is 1. The first-order valence-electron chi connectivity index (χ1n) is 9.87. The van der Waals surface area contributed by atoms with Crippen LogP contribution in [-0.4, -0.2) is 36.9 Å². The van der Waals surface area contributed by atoms with Gasteiger partial charge < -0.3 is 20.5 Å². The standard InChI is InChI=1S/C21H37N3O2.HI/c1-6-21(7-2,13-14-25)16-24-20(22-8-3)23-15-18-9-11-19(12-10-18)26-17(4)5;/h9-12,17,25H,6-8,13-16H2,1-5H3,(H2,22,23,24);1H. The van der Waals surface area contributed by atoms with Gasteiger partial charge in [-0.1, -0.05) is 26.0 Å². The molecule has 0 aliphatic heterocycles. The number of hydrogen-bond acceptors (Lipinski definition) is 3. The van der Waals surface area contributed by atoms with Crippen LogP contribution >= 0.6 is 24.0 Å². The van der Waals surface area contributed by atoms with Crippen molar-refractivity contribution in [1.82, 2.24) is 10.6 Å². The van der Waals surface area contributed by atoms with Gasteiger partial charge in [0.1, 0.15) is 5.75 Å². The lowest BCUT2D eigenvalue weighted by Gasteiger charge is -2.32. The van der Waals surface area contributed by atoms with Crippen molar-refractivity contribution < 1.29 is 9.84 Å². The molecule has 0 atom stereocenters. The van der Waals surface area contributed by atoms with Gasteiger partial charge >= 0.3 is 0 Å². The fourth-order valence-electron chi connectivity index (χ4n) is 2.91. The summed E-state index contributed by atoms with van der Waals surface area (Å²) in [5.74, 6) is 1.71. The second kappa shape index (κ2) is 14.0. The molecule has 27 heavy (non-hydrogen) atoms. The number of aliphatic imine (C=N–C) groups is 1. The van der Waals surface area contributed by atoms with Gasteiger partial charge in [-0.3, -0.25) is 0 Å². The van der Waals surface area contributed by atoms with E-state index in [1.165, 1.54) is 0 Å². The number of ether oxygens (including phenoxy) is 1. The number of rotatable bonds is 11. The zero-order valence-electron chi connectivity index (χ0n) is 17.5. The summed E-state index contributed by atoms with van der Waals surface area (Å²) in [7, 11) is 0. The molecule has 1 aromatic carbocycles. The van der Waals surface area contributed by atoms with E-state index in [2.05, 4.69) is 43.5 Å². The topological polar surface area (TPSA) is 65.9 Å². The smallest absolute Gasteiger partial charge is 0.191 e. The molecule has 1 rings (SSSR count). The molecule has 0 heterocycles. The minimum atomic E-state index is 0. The maximum atomic E-state index is 9.38. The number of halogens is 1. The quantitative estimate of drug-likeness (QED) is 0.245. The fourth-order valence-corrected chi connectivity index (χ4v) is 2.91. The average molecular weight is 491 g/mol. The molecule has 5 nitrogen and oxygen atoms in total. The Morgan fingerprint density at radius 2 is 1.74 bits per heavy atom. The number of hydrogen-bond donors (Lipinski definition) is 3. The van der Waals surface area contributed by atoms with Crippen LogP contribution in [0, 0.1) is 5.41 Å². The molecule has 0 saturated heterocycles. The molecule has 0 radical (unpaired) electrons. The van der Waals surface area contributed by atoms with Gasteiger partial charge in [-0.15, -0.1) is 24.0 Å². The molecule has 0 fully saturated rings. The molecule has 156 valence electrons. The highest BCUT2D eigenvalue weighted by atomic mass is 127. The average Bonchev–Trinajstić information content (AvgIpc) is 2.63. The van der Waals surface area contributed by atoms with Crippen molar-refractivity contribution in [2.24, 2.45) is 10.4 Å². The first kappa shape index (κ1) is 26.0. The summed E-state index contributed by atoms with van der Waals surface area (Å²) >= 11 is 0. The highest BCUT2D eigenvalue weighted by Gasteiger charge is 2.25. The van der Waals surface area contributed by atoms with Crippen LogP contribution in [0.25, 0.3) is 0 Å². The molecule has 0 amide bonds. The normalized spacial score (nSPS) is 11.9. The largest absolute Gasteiger partial charge is 0.491 e. The first-order valence-corrected chi connectivity index (χ1v) is 9.87. The van der Waals surface area contributed by atoms with Crippen molar-refractivity contribution >= 4 is 29.9 Å². The van der Waals surface area contributed by atoms with Crippen LogP contribution in [0.1, 0.15) is 59.4 Å². The summed E-state index contributed by atoms with van der Waals surface area (Å²) in [5.41, 5.74) is 1.26. The predicted octanol–water partition coefficient (Wildman–Crippen LogP) is 4.34. The second-order valence-electron chi connectivity index (χ2n) is 7.04. The van der Waals surface area contributed by atoms with Crippen LogP contribution in [-0.2, 0) is 6.54 Å². The Balaban J connectivity index is 0.00000676. The molecular formula is C21H38IN3O2. The van der Waals surface area contributed by atoms with Crippen LogP contribution in [0.15, 0.2) is 29.3 Å². The summed E-state index contributed by atoms with van der Waals surface area (Å²) < 4.78 is 5.68. The Labute approximate surface area is 182 Å². The lowest BCUT2D eigenvalue weighted by Crippen LogP contribution is -2.43. The summed E-state index contributed by atoms with van der Waals surface area (Å²) in [6.07, 6.45) is 3.06. The van der Waals surface area contributed by atoms with Crippen LogP contribution in [0.2, 0.25) is 0 Å². The summed E-state index contributed by atoms with van der Waals surface area (Å²) in [6.45, 7) is 13.0. The van der Waals surface area contributed by atoms with Gasteiger partial charge in [0.15, 0.2) is 5.96 Å². The lowest BCUT2D eigenvalue weighted by molar-refractivity contribution is 0.169. The van der Waals surface area contributed by atoms with Crippen molar-refractivity contribution in [2.45, 2.75) is 66.5 Å². The van der Waals surface area contributed by atoms with E-state index in [0.717, 1.165) is 49.6 Å². The minimum Gasteiger partial charge on any atom is -0.491 e. The van der Waals surface area contributed by atoms with Crippen LogP contribution in [0.4, 0.5) is 0 Å². The van der Waals surface area contributed by atoms with E-state index in [1.54, 1.807) is 0 Å². The van der Waals surface area contributed by atoms with Crippen molar-refractivity contribution in [3.63, 3.8) is 0 Å². The second-order valence-corrected chi connectivity index (χ2v) is 7.04. The Bertz CT molecular complexity index is 529. The van der Waals surface area contributed by atoms with Crippen LogP contribution in [0.3, 0.4) is 0 Å². The van der Waals surface area contributed by atoms with Gasteiger partial charge in [-0.25, -0.2) is 4.99 Å². The third-order valence-electron chi connectivity index (χ3n) is 4.83. The third-order valence-corrected chi connectivity index (χ3v) is 4.83. The van der Waals surface area contributed by atoms with E-state index in [1.807, 2.05) is 26.0 Å². The zero-order chi connectivity index (χ0) is 19.4. The summed E-state index contributed by atoms with van der Waals surface area (Å²) in [6, 6.07) is 8.09. The lowest BCUT2D eigenvalue weighted by atomic mass is 9.79. The van der Waals surface area contributed by atoms with Gasteiger partial charge in [0, 0.05) is 19.7 Å². The molecule has 3 N–H and O–H groups in total. The number of aliphatic hydroxyl groups excluding tert-OH is 1. The molecule has 0 saturated carbocycles. The Morgan fingerprint density at radius 1 is 1.11 bits per heavy atom. The zero-order valence-corrected chi connectivity index (χ0v) is 19.9.